The molecule has 0 bridgehead atoms. The second-order valence-electron chi connectivity index (χ2n) is 7.75. The number of carboxylic acids is 1. The normalized spacial score (nSPS) is 15.9. The van der Waals surface area contributed by atoms with Gasteiger partial charge in [0.15, 0.2) is 0 Å². The van der Waals surface area contributed by atoms with Crippen molar-refractivity contribution in [2.24, 2.45) is 5.41 Å². The molecule has 6 nitrogen and oxygen atoms in total. The van der Waals surface area contributed by atoms with Crippen LogP contribution in [0.4, 0.5) is 0 Å². The second-order valence-corrected chi connectivity index (χ2v) is 9.37. The van der Waals surface area contributed by atoms with Gasteiger partial charge in [-0.2, -0.15) is 8.42 Å². The highest BCUT2D eigenvalue weighted by Crippen LogP contribution is 2.42. The Morgan fingerprint density at radius 1 is 1.10 bits per heavy atom. The fraction of sp³-hybridized carbons (Fsp3) is 0.409. The molecule has 0 aromatic heterocycles. The largest absolute Gasteiger partial charge is 0.496 e. The minimum atomic E-state index is -3.83. The molecular formula is C22H26O6S. The van der Waals surface area contributed by atoms with E-state index in [4.69, 9.17) is 8.92 Å². The number of benzene rings is 2. The fourth-order valence-electron chi connectivity index (χ4n) is 3.93. The molecule has 1 N–H and O–H groups in total. The molecule has 29 heavy (non-hydrogen) atoms. The first-order valence-electron chi connectivity index (χ1n) is 9.61. The molecule has 0 aliphatic heterocycles. The van der Waals surface area contributed by atoms with Gasteiger partial charge < -0.3 is 9.84 Å². The van der Waals surface area contributed by atoms with Gasteiger partial charge in [0.1, 0.15) is 11.3 Å². The molecule has 0 radical (unpaired) electrons. The van der Waals surface area contributed by atoms with E-state index in [1.54, 1.807) is 36.4 Å². The van der Waals surface area contributed by atoms with Crippen LogP contribution in [0.25, 0.3) is 0 Å². The molecule has 2 aromatic carbocycles. The lowest BCUT2D eigenvalue weighted by Crippen LogP contribution is -2.28. The quantitative estimate of drug-likeness (QED) is 0.646. The second kappa shape index (κ2) is 8.55. The molecule has 0 spiro atoms. The number of rotatable bonds is 8. The Balaban J connectivity index is 1.78. The van der Waals surface area contributed by atoms with Crippen LogP contribution < -0.4 is 4.74 Å². The van der Waals surface area contributed by atoms with Crippen LogP contribution in [0.15, 0.2) is 47.4 Å². The van der Waals surface area contributed by atoms with Crippen LogP contribution in [0.1, 0.15) is 47.2 Å². The van der Waals surface area contributed by atoms with Gasteiger partial charge in [0.05, 0.1) is 18.6 Å². The van der Waals surface area contributed by atoms with Gasteiger partial charge in [-0.05, 0) is 61.4 Å². The maximum Gasteiger partial charge on any atom is 0.339 e. The lowest BCUT2D eigenvalue weighted by molar-refractivity contribution is 0.0693. The number of ether oxygens (including phenoxy) is 1. The average molecular weight is 419 g/mol. The number of hydrogen-bond donors (Lipinski definition) is 1. The summed E-state index contributed by atoms with van der Waals surface area (Å²) in [4.78, 5) is 11.5. The molecule has 1 aliphatic rings. The highest BCUT2D eigenvalue weighted by atomic mass is 32.2. The highest BCUT2D eigenvalue weighted by Gasteiger charge is 2.36. The van der Waals surface area contributed by atoms with Crippen LogP contribution in [0.2, 0.25) is 0 Å². The SMILES string of the molecule is COc1cc(CC2(COS(=O)(=O)c3ccc(C)cc3)CCCC2)ccc1C(=O)O. The van der Waals surface area contributed by atoms with Crippen molar-refractivity contribution in [2.45, 2.75) is 43.9 Å². The van der Waals surface area contributed by atoms with Crippen LogP contribution >= 0.6 is 0 Å². The highest BCUT2D eigenvalue weighted by molar-refractivity contribution is 7.86. The monoisotopic (exact) mass is 418 g/mol. The number of hydrogen-bond acceptors (Lipinski definition) is 5. The summed E-state index contributed by atoms with van der Waals surface area (Å²) >= 11 is 0. The molecule has 3 rings (SSSR count). The Bertz CT molecular complexity index is 973. The van der Waals surface area contributed by atoms with Gasteiger partial charge in [0.25, 0.3) is 10.1 Å². The Morgan fingerprint density at radius 3 is 2.34 bits per heavy atom. The molecule has 2 aromatic rings. The summed E-state index contributed by atoms with van der Waals surface area (Å²) in [7, 11) is -2.39. The number of carbonyl (C=O) groups is 1. The number of aryl methyl sites for hydroxylation is 1. The summed E-state index contributed by atoms with van der Waals surface area (Å²) in [5, 5.41) is 9.25. The summed E-state index contributed by atoms with van der Waals surface area (Å²) in [5.74, 6) is -0.743. The van der Waals surface area contributed by atoms with Crippen molar-refractivity contribution in [3.63, 3.8) is 0 Å². The third-order valence-corrected chi connectivity index (χ3v) is 6.85. The number of aromatic carboxylic acids is 1. The minimum absolute atomic E-state index is 0.103. The Hall–Kier alpha value is -2.38. The van der Waals surface area contributed by atoms with Gasteiger partial charge in [-0.3, -0.25) is 4.18 Å². The summed E-state index contributed by atoms with van der Waals surface area (Å²) < 4.78 is 35.9. The first-order valence-corrected chi connectivity index (χ1v) is 11.0. The summed E-state index contributed by atoms with van der Waals surface area (Å²) in [6.45, 7) is 2.00. The molecule has 1 aliphatic carbocycles. The molecule has 0 heterocycles. The molecule has 0 amide bonds. The van der Waals surface area contributed by atoms with Crippen LogP contribution in [0.5, 0.6) is 5.75 Å². The van der Waals surface area contributed by atoms with E-state index in [1.807, 2.05) is 6.92 Å². The third-order valence-electron chi connectivity index (χ3n) is 5.57. The van der Waals surface area contributed by atoms with Crippen molar-refractivity contribution >= 4 is 16.1 Å². The van der Waals surface area contributed by atoms with Gasteiger partial charge in [-0.1, -0.05) is 36.6 Å². The maximum absolute atomic E-state index is 12.6. The molecule has 0 unspecified atom stereocenters. The van der Waals surface area contributed by atoms with Crippen molar-refractivity contribution < 1.29 is 27.2 Å². The van der Waals surface area contributed by atoms with E-state index in [0.717, 1.165) is 36.8 Å². The predicted molar refractivity (Wildman–Crippen MR) is 109 cm³/mol. The van der Waals surface area contributed by atoms with Crippen molar-refractivity contribution in [2.75, 3.05) is 13.7 Å². The summed E-state index contributed by atoms with van der Waals surface area (Å²) in [5.41, 5.74) is 1.70. The van der Waals surface area contributed by atoms with E-state index in [1.165, 1.54) is 13.2 Å². The molecular weight excluding hydrogens is 392 g/mol. The van der Waals surface area contributed by atoms with E-state index in [0.29, 0.717) is 12.2 Å². The zero-order valence-electron chi connectivity index (χ0n) is 16.7. The first kappa shape index (κ1) is 21.3. The topological polar surface area (TPSA) is 89.9 Å². The van der Waals surface area contributed by atoms with Crippen molar-refractivity contribution in [3.05, 3.63) is 59.2 Å². The first-order chi connectivity index (χ1) is 13.7. The minimum Gasteiger partial charge on any atom is -0.496 e. The van der Waals surface area contributed by atoms with Crippen molar-refractivity contribution in [3.8, 4) is 5.75 Å². The number of methoxy groups -OCH3 is 1. The van der Waals surface area contributed by atoms with E-state index < -0.39 is 16.1 Å². The standard InChI is InChI=1S/C22H26O6S/c1-16-5-8-18(9-6-16)29(25,26)28-15-22(11-3-4-12-22)14-17-7-10-19(21(23)24)20(13-17)27-2/h5-10,13H,3-4,11-12,14-15H2,1-2H3,(H,23,24). The average Bonchev–Trinajstić information content (AvgIpc) is 3.15. The summed E-state index contributed by atoms with van der Waals surface area (Å²) in [6.07, 6.45) is 4.35. The molecule has 1 saturated carbocycles. The lowest BCUT2D eigenvalue weighted by Gasteiger charge is -2.29. The lowest BCUT2D eigenvalue weighted by atomic mass is 9.80. The van der Waals surface area contributed by atoms with E-state index >= 15 is 0 Å². The van der Waals surface area contributed by atoms with Crippen molar-refractivity contribution in [1.82, 2.24) is 0 Å². The summed E-state index contributed by atoms with van der Waals surface area (Å²) in [6, 6.07) is 11.6. The molecule has 1 fully saturated rings. The zero-order valence-corrected chi connectivity index (χ0v) is 17.5. The van der Waals surface area contributed by atoms with E-state index in [9.17, 15) is 18.3 Å². The van der Waals surface area contributed by atoms with Gasteiger partial charge in [0, 0.05) is 0 Å². The molecule has 0 atom stereocenters. The van der Waals surface area contributed by atoms with Gasteiger partial charge in [-0.15, -0.1) is 0 Å². The van der Waals surface area contributed by atoms with Crippen LogP contribution in [-0.2, 0) is 20.7 Å². The zero-order chi connectivity index (χ0) is 21.1. The van der Waals surface area contributed by atoms with E-state index in [2.05, 4.69) is 0 Å². The van der Waals surface area contributed by atoms with Gasteiger partial charge >= 0.3 is 5.97 Å². The Morgan fingerprint density at radius 2 is 1.76 bits per heavy atom. The van der Waals surface area contributed by atoms with Crippen LogP contribution in [0.3, 0.4) is 0 Å². The van der Waals surface area contributed by atoms with Crippen LogP contribution in [-0.4, -0.2) is 33.2 Å². The predicted octanol–water partition coefficient (Wildman–Crippen LogP) is 4.21. The van der Waals surface area contributed by atoms with E-state index in [-0.39, 0.29) is 22.5 Å². The van der Waals surface area contributed by atoms with Crippen molar-refractivity contribution in [1.29, 1.82) is 0 Å². The Labute approximate surface area is 171 Å². The van der Waals surface area contributed by atoms with Gasteiger partial charge in [-0.25, -0.2) is 4.79 Å². The van der Waals surface area contributed by atoms with Gasteiger partial charge in [0.2, 0.25) is 0 Å². The molecule has 156 valence electrons. The fourth-order valence-corrected chi connectivity index (χ4v) is 4.94. The third kappa shape index (κ3) is 4.97. The number of carboxylic acid groups (broad SMARTS) is 1. The Kier molecular flexibility index (Phi) is 6.29. The molecule has 0 saturated heterocycles. The maximum atomic E-state index is 12.6. The van der Waals surface area contributed by atoms with Crippen LogP contribution in [0, 0.1) is 12.3 Å². The smallest absolute Gasteiger partial charge is 0.339 e. The molecule has 7 heteroatoms.